The van der Waals surface area contributed by atoms with Crippen molar-refractivity contribution in [3.8, 4) is 5.75 Å². The van der Waals surface area contributed by atoms with E-state index in [1.54, 1.807) is 0 Å². The minimum absolute atomic E-state index is 0.0207. The Morgan fingerprint density at radius 3 is 2.73 bits per heavy atom. The number of carbonyl (C=O) groups is 1. The Bertz CT molecular complexity index is 761. The monoisotopic (exact) mass is 416 g/mol. The lowest BCUT2D eigenvalue weighted by Crippen LogP contribution is -2.33. The molecule has 1 atom stereocenters. The molecule has 1 aliphatic rings. The number of hydrogen-bond donors (Lipinski definition) is 1. The summed E-state index contributed by atoms with van der Waals surface area (Å²) in [5.74, 6) is 0.912. The number of nitrogens with one attached hydrogen (secondary N) is 1. The lowest BCUT2D eigenvalue weighted by molar-refractivity contribution is -0.117. The predicted molar refractivity (Wildman–Crippen MR) is 109 cm³/mol. The molecule has 0 aliphatic carbocycles. The molecule has 1 aliphatic heterocycles. The van der Waals surface area contributed by atoms with Gasteiger partial charge in [-0.1, -0.05) is 18.2 Å². The van der Waals surface area contributed by atoms with Crippen molar-refractivity contribution in [1.29, 1.82) is 0 Å². The highest BCUT2D eigenvalue weighted by Gasteiger charge is 2.27. The Kier molecular flexibility index (Phi) is 6.33. The zero-order valence-electron chi connectivity index (χ0n) is 15.3. The smallest absolute Gasteiger partial charge is 0.238 e. The van der Waals surface area contributed by atoms with Gasteiger partial charge < -0.3 is 10.1 Å². The van der Waals surface area contributed by atoms with E-state index in [0.29, 0.717) is 13.2 Å². The zero-order chi connectivity index (χ0) is 18.5. The zero-order valence-corrected chi connectivity index (χ0v) is 16.9. The molecule has 3 rings (SSSR count). The van der Waals surface area contributed by atoms with Gasteiger partial charge in [0, 0.05) is 10.5 Å². The summed E-state index contributed by atoms with van der Waals surface area (Å²) in [5.41, 5.74) is 3.22. The number of nitrogens with zero attached hydrogens (tertiary/aromatic N) is 1. The van der Waals surface area contributed by atoms with Crippen molar-refractivity contribution in [3.63, 3.8) is 0 Å². The third kappa shape index (κ3) is 4.65. The van der Waals surface area contributed by atoms with Crippen LogP contribution in [0.2, 0.25) is 0 Å². The van der Waals surface area contributed by atoms with Gasteiger partial charge in [0.2, 0.25) is 5.91 Å². The average molecular weight is 417 g/mol. The standard InChI is InChI=1S/C21H25BrN2O2/c1-3-26-17-9-7-16(8-10-17)20-5-4-12-24(20)14-21(25)23-19-11-6-15(2)13-18(19)22/h6-11,13,20H,3-5,12,14H2,1-2H3,(H,23,25). The lowest BCUT2D eigenvalue weighted by atomic mass is 10.0. The third-order valence-electron chi connectivity index (χ3n) is 4.68. The van der Waals surface area contributed by atoms with Gasteiger partial charge >= 0.3 is 0 Å². The first-order valence-corrected chi connectivity index (χ1v) is 9.89. The van der Waals surface area contributed by atoms with Crippen molar-refractivity contribution < 1.29 is 9.53 Å². The highest BCUT2D eigenvalue weighted by atomic mass is 79.9. The third-order valence-corrected chi connectivity index (χ3v) is 5.34. The van der Waals surface area contributed by atoms with Gasteiger partial charge in [-0.05, 0) is 84.6 Å². The van der Waals surface area contributed by atoms with Gasteiger partial charge in [-0.3, -0.25) is 9.69 Å². The van der Waals surface area contributed by atoms with Gasteiger partial charge in [-0.2, -0.15) is 0 Å². The second-order valence-corrected chi connectivity index (χ2v) is 7.52. The van der Waals surface area contributed by atoms with Crippen molar-refractivity contribution in [2.24, 2.45) is 0 Å². The number of amides is 1. The molecule has 0 bridgehead atoms. The van der Waals surface area contributed by atoms with Crippen LogP contribution in [0.3, 0.4) is 0 Å². The number of benzene rings is 2. The average Bonchev–Trinajstić information content (AvgIpc) is 3.06. The molecule has 0 aromatic heterocycles. The molecule has 1 saturated heterocycles. The fourth-order valence-electron chi connectivity index (χ4n) is 3.44. The largest absolute Gasteiger partial charge is 0.494 e. The Morgan fingerprint density at radius 1 is 1.27 bits per heavy atom. The molecule has 4 nitrogen and oxygen atoms in total. The van der Waals surface area contributed by atoms with E-state index in [1.165, 1.54) is 5.56 Å². The number of hydrogen-bond acceptors (Lipinski definition) is 3. The molecule has 1 unspecified atom stereocenters. The Balaban J connectivity index is 1.63. The fraction of sp³-hybridized carbons (Fsp3) is 0.381. The Labute approximate surface area is 163 Å². The molecule has 1 heterocycles. The second kappa shape index (κ2) is 8.69. The summed E-state index contributed by atoms with van der Waals surface area (Å²) in [6.45, 7) is 6.03. The van der Waals surface area contributed by atoms with Crippen molar-refractivity contribution in [2.45, 2.75) is 32.7 Å². The molecule has 1 N–H and O–H groups in total. The summed E-state index contributed by atoms with van der Waals surface area (Å²) in [6, 6.07) is 14.5. The van der Waals surface area contributed by atoms with Crippen LogP contribution in [0.1, 0.15) is 36.9 Å². The fourth-order valence-corrected chi connectivity index (χ4v) is 4.03. The van der Waals surface area contributed by atoms with E-state index >= 15 is 0 Å². The van der Waals surface area contributed by atoms with Gasteiger partial charge in [0.05, 0.1) is 18.8 Å². The quantitative estimate of drug-likeness (QED) is 0.725. The number of anilines is 1. The molecular weight excluding hydrogens is 392 g/mol. The minimum atomic E-state index is 0.0207. The molecule has 138 valence electrons. The van der Waals surface area contributed by atoms with E-state index in [0.717, 1.165) is 40.9 Å². The van der Waals surface area contributed by atoms with Crippen LogP contribution in [0.25, 0.3) is 0 Å². The van der Waals surface area contributed by atoms with Crippen LogP contribution in [-0.4, -0.2) is 30.5 Å². The maximum absolute atomic E-state index is 12.5. The summed E-state index contributed by atoms with van der Waals surface area (Å²) in [4.78, 5) is 14.8. The minimum Gasteiger partial charge on any atom is -0.494 e. The molecule has 0 radical (unpaired) electrons. The molecular formula is C21H25BrN2O2. The van der Waals surface area contributed by atoms with Gasteiger partial charge in [-0.15, -0.1) is 0 Å². The van der Waals surface area contributed by atoms with Crippen molar-refractivity contribution >= 4 is 27.5 Å². The number of ether oxygens (including phenoxy) is 1. The van der Waals surface area contributed by atoms with Crippen molar-refractivity contribution in [3.05, 3.63) is 58.1 Å². The van der Waals surface area contributed by atoms with E-state index in [9.17, 15) is 4.79 Å². The lowest BCUT2D eigenvalue weighted by Gasteiger charge is -2.24. The van der Waals surface area contributed by atoms with Crippen LogP contribution in [0.5, 0.6) is 5.75 Å². The van der Waals surface area contributed by atoms with Crippen LogP contribution < -0.4 is 10.1 Å². The van der Waals surface area contributed by atoms with Crippen molar-refractivity contribution in [1.82, 2.24) is 4.90 Å². The molecule has 0 saturated carbocycles. The van der Waals surface area contributed by atoms with Crippen LogP contribution in [-0.2, 0) is 4.79 Å². The Hall–Kier alpha value is -1.85. The first-order valence-electron chi connectivity index (χ1n) is 9.09. The SMILES string of the molecule is CCOc1ccc(C2CCCN2CC(=O)Nc2ccc(C)cc2Br)cc1. The molecule has 2 aromatic rings. The van der Waals surface area contributed by atoms with E-state index in [2.05, 4.69) is 38.3 Å². The van der Waals surface area contributed by atoms with Gasteiger partial charge in [0.25, 0.3) is 0 Å². The molecule has 1 fully saturated rings. The molecule has 0 spiro atoms. The molecule has 26 heavy (non-hydrogen) atoms. The van der Waals surface area contributed by atoms with E-state index in [-0.39, 0.29) is 11.9 Å². The van der Waals surface area contributed by atoms with E-state index in [1.807, 2.05) is 44.2 Å². The normalized spacial score (nSPS) is 17.3. The van der Waals surface area contributed by atoms with Gasteiger partial charge in [-0.25, -0.2) is 0 Å². The summed E-state index contributed by atoms with van der Waals surface area (Å²) in [5, 5.41) is 3.01. The molecule has 2 aromatic carbocycles. The number of halogens is 1. The first-order chi connectivity index (χ1) is 12.6. The molecule has 1 amide bonds. The summed E-state index contributed by atoms with van der Waals surface area (Å²) in [6.07, 6.45) is 2.19. The highest BCUT2D eigenvalue weighted by molar-refractivity contribution is 9.10. The maximum Gasteiger partial charge on any atom is 0.238 e. The number of likely N-dealkylation sites (tertiary alicyclic amines) is 1. The van der Waals surface area contributed by atoms with E-state index < -0.39 is 0 Å². The highest BCUT2D eigenvalue weighted by Crippen LogP contribution is 2.32. The van der Waals surface area contributed by atoms with Gasteiger partial charge in [0.15, 0.2) is 0 Å². The maximum atomic E-state index is 12.5. The van der Waals surface area contributed by atoms with Gasteiger partial charge in [0.1, 0.15) is 5.75 Å². The van der Waals surface area contributed by atoms with Crippen LogP contribution in [0.4, 0.5) is 5.69 Å². The van der Waals surface area contributed by atoms with Crippen LogP contribution in [0, 0.1) is 6.92 Å². The summed E-state index contributed by atoms with van der Waals surface area (Å²) < 4.78 is 6.43. The van der Waals surface area contributed by atoms with Crippen LogP contribution in [0.15, 0.2) is 46.9 Å². The predicted octanol–water partition coefficient (Wildman–Crippen LogP) is 4.93. The number of aryl methyl sites for hydroxylation is 1. The second-order valence-electron chi connectivity index (χ2n) is 6.66. The summed E-state index contributed by atoms with van der Waals surface area (Å²) >= 11 is 3.52. The number of carbonyl (C=O) groups excluding carboxylic acids is 1. The van der Waals surface area contributed by atoms with E-state index in [4.69, 9.17) is 4.74 Å². The van der Waals surface area contributed by atoms with Crippen molar-refractivity contribution in [2.75, 3.05) is 25.0 Å². The Morgan fingerprint density at radius 2 is 2.04 bits per heavy atom. The summed E-state index contributed by atoms with van der Waals surface area (Å²) in [7, 11) is 0. The topological polar surface area (TPSA) is 41.6 Å². The first kappa shape index (κ1) is 18.9. The number of rotatable bonds is 6. The molecule has 5 heteroatoms. The van der Waals surface area contributed by atoms with Crippen LogP contribution >= 0.6 is 15.9 Å².